The van der Waals surface area contributed by atoms with Crippen LogP contribution in [0.5, 0.6) is 0 Å². The third-order valence-electron chi connectivity index (χ3n) is 2.50. The lowest BCUT2D eigenvalue weighted by Crippen LogP contribution is -2.21. The molecule has 0 aliphatic carbocycles. The van der Waals surface area contributed by atoms with E-state index in [4.69, 9.17) is 10.2 Å². The minimum atomic E-state index is -0.722. The zero-order chi connectivity index (χ0) is 12.6. The van der Waals surface area contributed by atoms with E-state index in [1.54, 1.807) is 20.8 Å². The summed E-state index contributed by atoms with van der Waals surface area (Å²) in [5.74, 6) is -1.61. The molecule has 0 aromatic heterocycles. The fourth-order valence-corrected chi connectivity index (χ4v) is 0.326. The van der Waals surface area contributed by atoms with Gasteiger partial charge in [-0.3, -0.25) is 9.59 Å². The number of carboxylic acid groups (broad SMARTS) is 2. The van der Waals surface area contributed by atoms with Crippen molar-refractivity contribution in [3.8, 4) is 0 Å². The lowest BCUT2D eigenvalue weighted by molar-refractivity contribution is -0.147. The summed E-state index contributed by atoms with van der Waals surface area (Å²) < 4.78 is 0. The highest BCUT2D eigenvalue weighted by Crippen LogP contribution is 2.18. The molecule has 0 rings (SSSR count). The van der Waals surface area contributed by atoms with Crippen molar-refractivity contribution in [1.82, 2.24) is 0 Å². The first-order valence-corrected chi connectivity index (χ1v) is 5.15. The van der Waals surface area contributed by atoms with Crippen molar-refractivity contribution in [2.45, 2.75) is 77.2 Å². The predicted molar refractivity (Wildman–Crippen MR) is 85.7 cm³/mol. The predicted octanol–water partition coefficient (Wildman–Crippen LogP) is 5.17. The molecular formula is C15H38O4. The molecule has 0 spiro atoms. The van der Waals surface area contributed by atoms with E-state index in [9.17, 15) is 9.59 Å². The van der Waals surface area contributed by atoms with Crippen LogP contribution in [-0.2, 0) is 9.59 Å². The largest absolute Gasteiger partial charge is 0.481 e. The van der Waals surface area contributed by atoms with Crippen molar-refractivity contribution in [2.24, 2.45) is 11.3 Å². The van der Waals surface area contributed by atoms with Gasteiger partial charge >= 0.3 is 11.9 Å². The van der Waals surface area contributed by atoms with Gasteiger partial charge in [0.05, 0.1) is 11.3 Å². The Labute approximate surface area is 121 Å². The van der Waals surface area contributed by atoms with E-state index < -0.39 is 17.4 Å². The quantitative estimate of drug-likeness (QED) is 0.746. The summed E-state index contributed by atoms with van der Waals surface area (Å²) in [6.45, 7) is 8.86. The molecule has 1 unspecified atom stereocenters. The second-order valence-electron chi connectivity index (χ2n) is 4.19. The molecule has 4 heteroatoms. The first-order valence-electron chi connectivity index (χ1n) is 5.15. The van der Waals surface area contributed by atoms with Crippen molar-refractivity contribution in [3.05, 3.63) is 0 Å². The van der Waals surface area contributed by atoms with Gasteiger partial charge in [-0.05, 0) is 26.7 Å². The van der Waals surface area contributed by atoms with Crippen molar-refractivity contribution >= 4 is 11.9 Å². The molecule has 19 heavy (non-hydrogen) atoms. The van der Waals surface area contributed by atoms with Gasteiger partial charge in [-0.25, -0.2) is 0 Å². The van der Waals surface area contributed by atoms with Gasteiger partial charge in [-0.2, -0.15) is 0 Å². The Hall–Kier alpha value is -1.06. The maximum absolute atomic E-state index is 10.3. The number of carboxylic acids is 2. The lowest BCUT2D eigenvalue weighted by atomic mass is 9.91. The number of carbonyl (C=O) groups is 2. The van der Waals surface area contributed by atoms with Crippen LogP contribution >= 0.6 is 0 Å². The maximum atomic E-state index is 10.3. The smallest absolute Gasteiger partial charge is 0.309 e. The van der Waals surface area contributed by atoms with Crippen LogP contribution < -0.4 is 0 Å². The average molecular weight is 282 g/mol. The summed E-state index contributed by atoms with van der Waals surface area (Å²) in [6.07, 6.45) is 1.40. The molecule has 0 amide bonds. The Morgan fingerprint density at radius 2 is 1.32 bits per heavy atom. The minimum absolute atomic E-state index is 0. The average Bonchev–Trinajstić information content (AvgIpc) is 2.17. The summed E-state index contributed by atoms with van der Waals surface area (Å²) in [5.41, 5.74) is -0.542. The molecule has 0 aliphatic heterocycles. The van der Waals surface area contributed by atoms with Crippen molar-refractivity contribution in [1.29, 1.82) is 0 Å². The van der Waals surface area contributed by atoms with Gasteiger partial charge in [0.1, 0.15) is 0 Å². The third-order valence-corrected chi connectivity index (χ3v) is 2.50. The zero-order valence-electron chi connectivity index (χ0n) is 10.2. The van der Waals surface area contributed by atoms with Crippen LogP contribution in [0.15, 0.2) is 0 Å². The molecule has 4 nitrogen and oxygen atoms in total. The van der Waals surface area contributed by atoms with E-state index in [0.29, 0.717) is 6.42 Å². The SMILES string of the molecule is C.C.C.C.CCC(C)(C)C(=O)O.CCC(C)C(=O)O. The van der Waals surface area contributed by atoms with Crippen molar-refractivity contribution in [2.75, 3.05) is 0 Å². The summed E-state index contributed by atoms with van der Waals surface area (Å²) in [4.78, 5) is 20.2. The fraction of sp³-hybridized carbons (Fsp3) is 0.867. The highest BCUT2D eigenvalue weighted by Gasteiger charge is 2.23. The molecule has 0 radical (unpaired) electrons. The molecule has 122 valence electrons. The summed E-state index contributed by atoms with van der Waals surface area (Å²) in [6, 6.07) is 0. The molecule has 0 bridgehead atoms. The molecule has 0 aromatic carbocycles. The van der Waals surface area contributed by atoms with Gasteiger partial charge in [-0.15, -0.1) is 0 Å². The first-order chi connectivity index (χ1) is 6.68. The second-order valence-corrected chi connectivity index (χ2v) is 4.19. The molecule has 0 saturated heterocycles. The number of aliphatic carboxylic acids is 2. The molecule has 2 N–H and O–H groups in total. The monoisotopic (exact) mass is 282 g/mol. The minimum Gasteiger partial charge on any atom is -0.481 e. The van der Waals surface area contributed by atoms with Gasteiger partial charge in [0.15, 0.2) is 0 Å². The van der Waals surface area contributed by atoms with Crippen molar-refractivity contribution < 1.29 is 19.8 Å². The zero-order valence-corrected chi connectivity index (χ0v) is 10.2. The fourth-order valence-electron chi connectivity index (χ4n) is 0.326. The van der Waals surface area contributed by atoms with Gasteiger partial charge in [0.25, 0.3) is 0 Å². The Bertz CT molecular complexity index is 210. The normalized spacial score (nSPS) is 9.74. The molecule has 1 atom stereocenters. The molecule has 0 aliphatic rings. The van der Waals surface area contributed by atoms with E-state index in [0.717, 1.165) is 6.42 Å². The topological polar surface area (TPSA) is 74.6 Å². The molecule has 0 fully saturated rings. The lowest BCUT2D eigenvalue weighted by Gasteiger charge is -2.14. The summed E-state index contributed by atoms with van der Waals surface area (Å²) in [5, 5.41) is 16.6. The van der Waals surface area contributed by atoms with Gasteiger partial charge in [0, 0.05) is 0 Å². The Balaban J connectivity index is -0.0000000369. The Kier molecular flexibility index (Phi) is 32.2. The highest BCUT2D eigenvalue weighted by atomic mass is 16.4. The van der Waals surface area contributed by atoms with Crippen LogP contribution in [-0.4, -0.2) is 22.2 Å². The van der Waals surface area contributed by atoms with E-state index in [1.807, 2.05) is 13.8 Å². The standard InChI is InChI=1S/C6H12O2.C5H10O2.4CH4/c1-4-6(2,3)5(7)8;1-3-4(2)5(6)7;;;;/h4H2,1-3H3,(H,7,8);4H,3H2,1-2H3,(H,6,7);4*1H4. The van der Waals surface area contributed by atoms with E-state index >= 15 is 0 Å². The maximum Gasteiger partial charge on any atom is 0.309 e. The van der Waals surface area contributed by atoms with E-state index in [1.165, 1.54) is 0 Å². The molecule has 0 saturated carbocycles. The first kappa shape index (κ1) is 36.1. The van der Waals surface area contributed by atoms with Crippen LogP contribution in [0.1, 0.15) is 77.2 Å². The van der Waals surface area contributed by atoms with Gasteiger partial charge in [0.2, 0.25) is 0 Å². The molecule has 0 aromatic rings. The number of rotatable bonds is 4. The van der Waals surface area contributed by atoms with Crippen molar-refractivity contribution in [3.63, 3.8) is 0 Å². The van der Waals surface area contributed by atoms with Crippen LogP contribution in [0.4, 0.5) is 0 Å². The van der Waals surface area contributed by atoms with Crippen LogP contribution in [0.25, 0.3) is 0 Å². The van der Waals surface area contributed by atoms with Crippen LogP contribution in [0.2, 0.25) is 0 Å². The Morgan fingerprint density at radius 3 is 1.32 bits per heavy atom. The van der Waals surface area contributed by atoms with Crippen LogP contribution in [0, 0.1) is 11.3 Å². The highest BCUT2D eigenvalue weighted by molar-refractivity contribution is 5.73. The second kappa shape index (κ2) is 16.9. The summed E-state index contributed by atoms with van der Waals surface area (Å²) >= 11 is 0. The molecule has 0 heterocycles. The number of hydrogen-bond donors (Lipinski definition) is 2. The third kappa shape index (κ3) is 19.5. The van der Waals surface area contributed by atoms with Gasteiger partial charge in [-0.1, -0.05) is 50.5 Å². The molecular weight excluding hydrogens is 244 g/mol. The van der Waals surface area contributed by atoms with E-state index in [2.05, 4.69) is 0 Å². The summed E-state index contributed by atoms with van der Waals surface area (Å²) in [7, 11) is 0. The van der Waals surface area contributed by atoms with Gasteiger partial charge < -0.3 is 10.2 Å². The number of hydrogen-bond acceptors (Lipinski definition) is 2. The Morgan fingerprint density at radius 1 is 1.00 bits per heavy atom. The van der Waals surface area contributed by atoms with E-state index in [-0.39, 0.29) is 35.6 Å². The van der Waals surface area contributed by atoms with Crippen LogP contribution in [0.3, 0.4) is 0 Å².